The lowest BCUT2D eigenvalue weighted by Gasteiger charge is -2.07. The summed E-state index contributed by atoms with van der Waals surface area (Å²) in [6.07, 6.45) is -3.54. The number of rotatable bonds is 3. The third kappa shape index (κ3) is 2.52. The standard InChI is InChI=1S/C8H8F2N2O3/c9-8(10)7-3(11)1-5(13)4(12-7)2-6(14)15/h1,8,13H,2,11H2,(H,14,15). The molecule has 0 fully saturated rings. The normalized spacial score (nSPS) is 10.6. The van der Waals surface area contributed by atoms with Crippen LogP contribution in [0.4, 0.5) is 14.5 Å². The van der Waals surface area contributed by atoms with Crippen molar-refractivity contribution in [1.29, 1.82) is 0 Å². The smallest absolute Gasteiger partial charge is 0.309 e. The summed E-state index contributed by atoms with van der Waals surface area (Å²) in [7, 11) is 0. The summed E-state index contributed by atoms with van der Waals surface area (Å²) in [6.45, 7) is 0. The Labute approximate surface area is 83.2 Å². The number of anilines is 1. The molecule has 1 rings (SSSR count). The number of aromatic hydroxyl groups is 1. The van der Waals surface area contributed by atoms with Gasteiger partial charge in [0, 0.05) is 6.07 Å². The van der Waals surface area contributed by atoms with Crippen LogP contribution in [-0.2, 0) is 11.2 Å². The number of aromatic nitrogens is 1. The lowest BCUT2D eigenvalue weighted by atomic mass is 10.2. The highest BCUT2D eigenvalue weighted by Gasteiger charge is 2.18. The van der Waals surface area contributed by atoms with Gasteiger partial charge in [-0.3, -0.25) is 4.79 Å². The fraction of sp³-hybridized carbons (Fsp3) is 0.250. The molecule has 0 amide bonds. The van der Waals surface area contributed by atoms with E-state index in [1.165, 1.54) is 0 Å². The van der Waals surface area contributed by atoms with Crippen LogP contribution < -0.4 is 5.73 Å². The van der Waals surface area contributed by atoms with Gasteiger partial charge in [-0.1, -0.05) is 0 Å². The first kappa shape index (κ1) is 11.2. The van der Waals surface area contributed by atoms with Crippen LogP contribution in [0.5, 0.6) is 5.75 Å². The quantitative estimate of drug-likeness (QED) is 0.701. The molecular formula is C8H8F2N2O3. The predicted octanol–water partition coefficient (Wildman–Crippen LogP) is 0.934. The number of alkyl halides is 2. The number of hydrogen-bond donors (Lipinski definition) is 3. The molecule has 82 valence electrons. The van der Waals surface area contributed by atoms with E-state index in [9.17, 15) is 18.7 Å². The molecule has 0 aromatic carbocycles. The van der Waals surface area contributed by atoms with Gasteiger partial charge in [0.15, 0.2) is 0 Å². The van der Waals surface area contributed by atoms with Crippen molar-refractivity contribution >= 4 is 11.7 Å². The lowest BCUT2D eigenvalue weighted by Crippen LogP contribution is -2.07. The zero-order valence-electron chi connectivity index (χ0n) is 7.44. The second kappa shape index (κ2) is 4.07. The SMILES string of the molecule is Nc1cc(O)c(CC(=O)O)nc1C(F)F. The van der Waals surface area contributed by atoms with E-state index in [-0.39, 0.29) is 11.4 Å². The number of nitrogen functional groups attached to an aromatic ring is 1. The zero-order valence-corrected chi connectivity index (χ0v) is 7.44. The Morgan fingerprint density at radius 3 is 2.67 bits per heavy atom. The van der Waals surface area contributed by atoms with Gasteiger partial charge in [-0.15, -0.1) is 0 Å². The lowest BCUT2D eigenvalue weighted by molar-refractivity contribution is -0.136. The van der Waals surface area contributed by atoms with Gasteiger partial charge in [-0.25, -0.2) is 13.8 Å². The van der Waals surface area contributed by atoms with Gasteiger partial charge in [0.2, 0.25) is 0 Å². The van der Waals surface area contributed by atoms with Gasteiger partial charge in [0.25, 0.3) is 6.43 Å². The van der Waals surface area contributed by atoms with E-state index in [4.69, 9.17) is 10.8 Å². The van der Waals surface area contributed by atoms with Crippen LogP contribution >= 0.6 is 0 Å². The highest BCUT2D eigenvalue weighted by Crippen LogP contribution is 2.28. The number of pyridine rings is 1. The van der Waals surface area contributed by atoms with Crippen molar-refractivity contribution in [3.8, 4) is 5.75 Å². The van der Waals surface area contributed by atoms with Crippen molar-refractivity contribution in [3.63, 3.8) is 0 Å². The number of carboxylic acids is 1. The molecule has 0 spiro atoms. The molecule has 15 heavy (non-hydrogen) atoms. The van der Waals surface area contributed by atoms with Crippen molar-refractivity contribution < 1.29 is 23.8 Å². The minimum absolute atomic E-state index is 0.327. The number of carbonyl (C=O) groups is 1. The molecule has 0 radical (unpaired) electrons. The number of carboxylic acid groups (broad SMARTS) is 1. The summed E-state index contributed by atoms with van der Waals surface area (Å²) in [5, 5.41) is 17.6. The highest BCUT2D eigenvalue weighted by atomic mass is 19.3. The van der Waals surface area contributed by atoms with Gasteiger partial charge in [0.1, 0.15) is 11.4 Å². The minimum atomic E-state index is -2.90. The summed E-state index contributed by atoms with van der Waals surface area (Å²) in [5.74, 6) is -1.78. The third-order valence-corrected chi connectivity index (χ3v) is 1.66. The Morgan fingerprint density at radius 2 is 2.20 bits per heavy atom. The summed E-state index contributed by atoms with van der Waals surface area (Å²) in [6, 6.07) is 0.868. The largest absolute Gasteiger partial charge is 0.506 e. The van der Waals surface area contributed by atoms with Gasteiger partial charge in [0.05, 0.1) is 17.8 Å². The summed E-state index contributed by atoms with van der Waals surface area (Å²) in [4.78, 5) is 13.6. The molecule has 5 nitrogen and oxygen atoms in total. The Morgan fingerprint density at radius 1 is 1.60 bits per heavy atom. The van der Waals surface area contributed by atoms with Crippen molar-refractivity contribution in [2.45, 2.75) is 12.8 Å². The van der Waals surface area contributed by atoms with Crippen LogP contribution in [0.2, 0.25) is 0 Å². The van der Waals surface area contributed by atoms with Crippen molar-refractivity contribution in [3.05, 3.63) is 17.5 Å². The minimum Gasteiger partial charge on any atom is -0.506 e. The van der Waals surface area contributed by atoms with E-state index in [1.54, 1.807) is 0 Å². The molecule has 1 aromatic rings. The molecule has 0 unspecified atom stereocenters. The van der Waals surface area contributed by atoms with Crippen molar-refractivity contribution in [2.75, 3.05) is 5.73 Å². The molecule has 0 atom stereocenters. The molecule has 0 saturated carbocycles. The number of hydrogen-bond acceptors (Lipinski definition) is 4. The monoisotopic (exact) mass is 218 g/mol. The maximum Gasteiger partial charge on any atom is 0.309 e. The fourth-order valence-corrected chi connectivity index (χ4v) is 1.02. The topological polar surface area (TPSA) is 96.4 Å². The van der Waals surface area contributed by atoms with Crippen molar-refractivity contribution in [1.82, 2.24) is 4.98 Å². The number of aliphatic carboxylic acids is 1. The number of nitrogens with zero attached hydrogens (tertiary/aromatic N) is 1. The maximum atomic E-state index is 12.3. The molecule has 0 saturated heterocycles. The highest BCUT2D eigenvalue weighted by molar-refractivity contribution is 5.71. The molecule has 4 N–H and O–H groups in total. The molecule has 0 aliphatic rings. The average molecular weight is 218 g/mol. The third-order valence-electron chi connectivity index (χ3n) is 1.66. The van der Waals surface area contributed by atoms with Crippen LogP contribution in [0.15, 0.2) is 6.07 Å². The van der Waals surface area contributed by atoms with Crippen LogP contribution in [-0.4, -0.2) is 21.2 Å². The summed E-state index contributed by atoms with van der Waals surface area (Å²) < 4.78 is 24.6. The van der Waals surface area contributed by atoms with Crippen LogP contribution in [0.25, 0.3) is 0 Å². The molecule has 0 bridgehead atoms. The summed E-state index contributed by atoms with van der Waals surface area (Å²) in [5.41, 5.74) is 3.76. The van der Waals surface area contributed by atoms with Gasteiger partial charge >= 0.3 is 5.97 Å². The molecule has 7 heteroatoms. The average Bonchev–Trinajstić information content (AvgIpc) is 2.08. The Hall–Kier alpha value is -1.92. The number of halogens is 2. The Balaban J connectivity index is 3.17. The van der Waals surface area contributed by atoms with E-state index < -0.39 is 30.3 Å². The van der Waals surface area contributed by atoms with Crippen LogP contribution in [0.3, 0.4) is 0 Å². The van der Waals surface area contributed by atoms with E-state index >= 15 is 0 Å². The van der Waals surface area contributed by atoms with Crippen molar-refractivity contribution in [2.24, 2.45) is 0 Å². The van der Waals surface area contributed by atoms with Crippen LogP contribution in [0, 0.1) is 0 Å². The van der Waals surface area contributed by atoms with E-state index in [0.717, 1.165) is 6.07 Å². The molecule has 0 aliphatic heterocycles. The first-order chi connectivity index (χ1) is 6.91. The van der Waals surface area contributed by atoms with Gasteiger partial charge < -0.3 is 15.9 Å². The molecule has 1 aromatic heterocycles. The van der Waals surface area contributed by atoms with E-state index in [0.29, 0.717) is 0 Å². The van der Waals surface area contributed by atoms with E-state index in [1.807, 2.05) is 0 Å². The number of nitrogens with two attached hydrogens (primary N) is 1. The second-order valence-corrected chi connectivity index (χ2v) is 2.80. The molecule has 0 aliphatic carbocycles. The molecular weight excluding hydrogens is 210 g/mol. The van der Waals surface area contributed by atoms with Gasteiger partial charge in [-0.2, -0.15) is 0 Å². The Kier molecular flexibility index (Phi) is 3.03. The second-order valence-electron chi connectivity index (χ2n) is 2.80. The van der Waals surface area contributed by atoms with E-state index in [2.05, 4.69) is 4.98 Å². The Bertz CT molecular complexity index is 396. The predicted molar refractivity (Wildman–Crippen MR) is 46.6 cm³/mol. The first-order valence-corrected chi connectivity index (χ1v) is 3.90. The zero-order chi connectivity index (χ0) is 11.6. The molecule has 1 heterocycles. The van der Waals surface area contributed by atoms with Gasteiger partial charge in [-0.05, 0) is 0 Å². The van der Waals surface area contributed by atoms with Crippen LogP contribution in [0.1, 0.15) is 17.8 Å². The maximum absolute atomic E-state index is 12.3. The summed E-state index contributed by atoms with van der Waals surface area (Å²) >= 11 is 0. The fourth-order valence-electron chi connectivity index (χ4n) is 1.02. The first-order valence-electron chi connectivity index (χ1n) is 3.90.